The van der Waals surface area contributed by atoms with Crippen LogP contribution in [0.15, 0.2) is 30.3 Å². The average molecular weight is 281 g/mol. The molecule has 0 fully saturated rings. The van der Waals surface area contributed by atoms with Gasteiger partial charge in [0.15, 0.2) is 0 Å². The minimum Gasteiger partial charge on any atom is -0.388 e. The second-order valence-corrected chi connectivity index (χ2v) is 5.99. The first kappa shape index (κ1) is 16.1. The number of rotatable bonds is 8. The summed E-state index contributed by atoms with van der Waals surface area (Å²) in [5.74, 6) is 0.889. The Morgan fingerprint density at radius 1 is 1.37 bits per heavy atom. The van der Waals surface area contributed by atoms with Gasteiger partial charge in [-0.15, -0.1) is 0 Å². The van der Waals surface area contributed by atoms with Gasteiger partial charge in [-0.05, 0) is 37.3 Å². The Labute approximate surface area is 119 Å². The molecular formula is C15H23NO2S. The van der Waals surface area contributed by atoms with Crippen LogP contribution in [0.1, 0.15) is 25.3 Å². The summed E-state index contributed by atoms with van der Waals surface area (Å²) in [4.78, 5) is 11.7. The molecule has 1 aromatic carbocycles. The first-order valence-electron chi connectivity index (χ1n) is 6.55. The first-order chi connectivity index (χ1) is 9.03. The van der Waals surface area contributed by atoms with Crippen molar-refractivity contribution in [3.63, 3.8) is 0 Å². The van der Waals surface area contributed by atoms with Gasteiger partial charge in [-0.3, -0.25) is 4.79 Å². The summed E-state index contributed by atoms with van der Waals surface area (Å²) in [5.41, 5.74) is 0.345. The smallest absolute Gasteiger partial charge is 0.220 e. The van der Waals surface area contributed by atoms with Crippen LogP contribution in [0.25, 0.3) is 0 Å². The van der Waals surface area contributed by atoms with Gasteiger partial charge in [-0.25, -0.2) is 0 Å². The fourth-order valence-corrected chi connectivity index (χ4v) is 2.33. The Kier molecular flexibility index (Phi) is 6.95. The van der Waals surface area contributed by atoms with Gasteiger partial charge in [0.2, 0.25) is 5.91 Å². The number of carbonyl (C=O) groups excluding carboxylic acids is 1. The summed E-state index contributed by atoms with van der Waals surface area (Å²) >= 11 is 1.70. The average Bonchev–Trinajstić information content (AvgIpc) is 2.42. The molecule has 1 atom stereocenters. The van der Waals surface area contributed by atoms with Crippen LogP contribution in [0.4, 0.5) is 0 Å². The molecule has 0 aliphatic heterocycles. The molecular weight excluding hydrogens is 258 g/mol. The summed E-state index contributed by atoms with van der Waals surface area (Å²) in [6, 6.07) is 9.94. The lowest BCUT2D eigenvalue weighted by Gasteiger charge is -2.23. The predicted molar refractivity (Wildman–Crippen MR) is 81.4 cm³/mol. The van der Waals surface area contributed by atoms with Crippen molar-refractivity contribution in [3.05, 3.63) is 35.9 Å². The molecule has 1 rings (SSSR count). The molecule has 1 amide bonds. The van der Waals surface area contributed by atoms with Gasteiger partial charge in [0.05, 0.1) is 5.60 Å². The van der Waals surface area contributed by atoms with E-state index in [1.54, 1.807) is 18.7 Å². The third-order valence-corrected chi connectivity index (χ3v) is 3.61. The molecule has 2 N–H and O–H groups in total. The third kappa shape index (κ3) is 7.23. The van der Waals surface area contributed by atoms with Crippen molar-refractivity contribution in [2.75, 3.05) is 18.6 Å². The minimum absolute atomic E-state index is 0.00622. The molecule has 0 spiro atoms. The van der Waals surface area contributed by atoms with Crippen molar-refractivity contribution in [1.29, 1.82) is 0 Å². The highest BCUT2D eigenvalue weighted by Gasteiger charge is 2.20. The number of amides is 1. The van der Waals surface area contributed by atoms with E-state index in [1.807, 2.05) is 36.6 Å². The maximum Gasteiger partial charge on any atom is 0.220 e. The predicted octanol–water partition coefficient (Wildman–Crippen LogP) is 2.24. The van der Waals surface area contributed by atoms with Crippen LogP contribution in [0.5, 0.6) is 0 Å². The molecule has 106 valence electrons. The van der Waals surface area contributed by atoms with E-state index in [1.165, 1.54) is 0 Å². The van der Waals surface area contributed by atoms with E-state index in [2.05, 4.69) is 5.32 Å². The topological polar surface area (TPSA) is 49.3 Å². The number of thioether (sulfide) groups is 1. The standard InChI is InChI=1S/C15H23NO2S/c1-15(18,10-11-19-2)12-16-14(17)9-8-13-6-4-3-5-7-13/h3-7,18H,8-12H2,1-2H3,(H,16,17)/t15-/m0/s1. The van der Waals surface area contributed by atoms with Gasteiger partial charge in [-0.2, -0.15) is 11.8 Å². The molecule has 0 bridgehead atoms. The second-order valence-electron chi connectivity index (χ2n) is 5.00. The molecule has 0 aliphatic rings. The quantitative estimate of drug-likeness (QED) is 0.768. The van der Waals surface area contributed by atoms with Crippen LogP contribution >= 0.6 is 11.8 Å². The number of benzene rings is 1. The largest absolute Gasteiger partial charge is 0.388 e. The van der Waals surface area contributed by atoms with Gasteiger partial charge < -0.3 is 10.4 Å². The van der Waals surface area contributed by atoms with Gasteiger partial charge in [0, 0.05) is 13.0 Å². The number of nitrogens with one attached hydrogen (secondary N) is 1. The van der Waals surface area contributed by atoms with E-state index in [4.69, 9.17) is 0 Å². The summed E-state index contributed by atoms with van der Waals surface area (Å²) in [6.07, 6.45) is 3.89. The minimum atomic E-state index is -0.814. The molecule has 4 heteroatoms. The molecule has 19 heavy (non-hydrogen) atoms. The number of aliphatic hydroxyl groups is 1. The highest BCUT2D eigenvalue weighted by atomic mass is 32.2. The Bertz CT molecular complexity index is 379. The lowest BCUT2D eigenvalue weighted by atomic mass is 10.0. The Morgan fingerprint density at radius 3 is 2.68 bits per heavy atom. The Hall–Kier alpha value is -1.00. The van der Waals surface area contributed by atoms with Crippen molar-refractivity contribution in [2.24, 2.45) is 0 Å². The fraction of sp³-hybridized carbons (Fsp3) is 0.533. The SMILES string of the molecule is CSCC[C@](C)(O)CNC(=O)CCc1ccccc1. The highest BCUT2D eigenvalue weighted by molar-refractivity contribution is 7.98. The van der Waals surface area contributed by atoms with Gasteiger partial charge in [-0.1, -0.05) is 30.3 Å². The summed E-state index contributed by atoms with van der Waals surface area (Å²) in [5, 5.41) is 12.9. The van der Waals surface area contributed by atoms with E-state index >= 15 is 0 Å². The lowest BCUT2D eigenvalue weighted by molar-refractivity contribution is -0.122. The molecule has 0 radical (unpaired) electrons. The van der Waals surface area contributed by atoms with Gasteiger partial charge >= 0.3 is 0 Å². The number of carbonyl (C=O) groups is 1. The number of hydrogen-bond donors (Lipinski definition) is 2. The van der Waals surface area contributed by atoms with E-state index in [9.17, 15) is 9.90 Å². The van der Waals surface area contributed by atoms with Crippen LogP contribution < -0.4 is 5.32 Å². The number of hydrogen-bond acceptors (Lipinski definition) is 3. The van der Waals surface area contributed by atoms with Crippen LogP contribution in [-0.2, 0) is 11.2 Å². The van der Waals surface area contributed by atoms with Crippen LogP contribution in [-0.4, -0.2) is 35.2 Å². The summed E-state index contributed by atoms with van der Waals surface area (Å²) in [6.45, 7) is 2.09. The third-order valence-electron chi connectivity index (χ3n) is 2.99. The lowest BCUT2D eigenvalue weighted by Crippen LogP contribution is -2.41. The summed E-state index contributed by atoms with van der Waals surface area (Å²) < 4.78 is 0. The zero-order valence-electron chi connectivity index (χ0n) is 11.7. The van der Waals surface area contributed by atoms with Gasteiger partial charge in [0.1, 0.15) is 0 Å². The molecule has 0 unspecified atom stereocenters. The summed E-state index contributed by atoms with van der Waals surface area (Å²) in [7, 11) is 0. The molecule has 0 saturated heterocycles. The molecule has 0 heterocycles. The second kappa shape index (κ2) is 8.23. The zero-order chi connectivity index (χ0) is 14.1. The van der Waals surface area contributed by atoms with Crippen LogP contribution in [0, 0.1) is 0 Å². The Morgan fingerprint density at radius 2 is 2.05 bits per heavy atom. The van der Waals surface area contributed by atoms with Crippen molar-refractivity contribution < 1.29 is 9.90 Å². The number of aryl methyl sites for hydroxylation is 1. The van der Waals surface area contributed by atoms with Crippen molar-refractivity contribution in [3.8, 4) is 0 Å². The molecule has 1 aromatic rings. The maximum atomic E-state index is 11.7. The first-order valence-corrected chi connectivity index (χ1v) is 7.95. The highest BCUT2D eigenvalue weighted by Crippen LogP contribution is 2.11. The van der Waals surface area contributed by atoms with Crippen LogP contribution in [0.3, 0.4) is 0 Å². The van der Waals surface area contributed by atoms with E-state index < -0.39 is 5.60 Å². The molecule has 0 aliphatic carbocycles. The van der Waals surface area contributed by atoms with Crippen molar-refractivity contribution >= 4 is 17.7 Å². The zero-order valence-corrected chi connectivity index (χ0v) is 12.5. The monoisotopic (exact) mass is 281 g/mol. The van der Waals surface area contributed by atoms with E-state index in [-0.39, 0.29) is 5.91 Å². The normalized spacial score (nSPS) is 13.8. The molecule has 3 nitrogen and oxygen atoms in total. The Balaban J connectivity index is 2.24. The molecule has 0 aromatic heterocycles. The van der Waals surface area contributed by atoms with Gasteiger partial charge in [0.25, 0.3) is 0 Å². The van der Waals surface area contributed by atoms with Crippen molar-refractivity contribution in [1.82, 2.24) is 5.32 Å². The van der Waals surface area contributed by atoms with E-state index in [0.29, 0.717) is 19.4 Å². The van der Waals surface area contributed by atoms with Crippen LogP contribution in [0.2, 0.25) is 0 Å². The maximum absolute atomic E-state index is 11.7. The van der Waals surface area contributed by atoms with E-state index in [0.717, 1.165) is 17.7 Å². The molecule has 0 saturated carbocycles. The van der Waals surface area contributed by atoms with Crippen molar-refractivity contribution in [2.45, 2.75) is 31.8 Å². The fourth-order valence-electron chi connectivity index (χ4n) is 1.69.